The number of carboxylic acids is 1. The van der Waals surface area contributed by atoms with Gasteiger partial charge < -0.3 is 54.6 Å². The third-order valence-corrected chi connectivity index (χ3v) is 12.4. The molecule has 0 unspecified atom stereocenters. The van der Waals surface area contributed by atoms with E-state index >= 15 is 0 Å². The maximum absolute atomic E-state index is 12.6. The second-order valence-corrected chi connectivity index (χ2v) is 14.9. The zero-order chi connectivity index (χ0) is 36.7. The summed E-state index contributed by atoms with van der Waals surface area (Å²) in [6.07, 6.45) is 5.22. The van der Waals surface area contributed by atoms with Gasteiger partial charge in [0.25, 0.3) is 0 Å². The Balaban J connectivity index is 1.42. The van der Waals surface area contributed by atoms with Gasteiger partial charge in [0.05, 0.1) is 31.6 Å². The van der Waals surface area contributed by atoms with E-state index in [4.69, 9.17) is 18.9 Å². The number of aliphatic hydroxyl groups is 5. The molecule has 282 valence electrons. The molecule has 5 aliphatic rings. The zero-order valence-corrected chi connectivity index (χ0v) is 29.5. The maximum atomic E-state index is 12.6. The Kier molecular flexibility index (Phi) is 10.9. The summed E-state index contributed by atoms with van der Waals surface area (Å²) >= 11 is 0. The molecule has 1 aromatic heterocycles. The fraction of sp³-hybridized carbons (Fsp3) is 0.684. The molecule has 0 aromatic carbocycles. The highest BCUT2D eigenvalue weighted by molar-refractivity contribution is 5.90. The molecule has 3 aliphatic carbocycles. The van der Waals surface area contributed by atoms with Gasteiger partial charge in [0.15, 0.2) is 11.2 Å². The maximum Gasteiger partial charge on any atom is 0.333 e. The number of methoxy groups -OCH3 is 1. The summed E-state index contributed by atoms with van der Waals surface area (Å²) in [5.41, 5.74) is -2.20. The van der Waals surface area contributed by atoms with E-state index in [-0.39, 0.29) is 37.4 Å². The number of fused-ring (bicyclic) bond motifs is 2. The van der Waals surface area contributed by atoms with Crippen molar-refractivity contribution >= 4 is 23.3 Å². The van der Waals surface area contributed by atoms with Crippen LogP contribution in [0.1, 0.15) is 89.2 Å². The van der Waals surface area contributed by atoms with E-state index in [0.29, 0.717) is 30.1 Å². The Morgan fingerprint density at radius 1 is 1.20 bits per heavy atom. The lowest BCUT2D eigenvalue weighted by atomic mass is 9.61. The number of ether oxygens (including phenoxy) is 4. The van der Waals surface area contributed by atoms with E-state index < -0.39 is 78.7 Å². The summed E-state index contributed by atoms with van der Waals surface area (Å²) in [6, 6.07) is 2.09. The zero-order valence-electron chi connectivity index (χ0n) is 29.5. The highest BCUT2D eigenvalue weighted by Gasteiger charge is 2.75. The van der Waals surface area contributed by atoms with Crippen LogP contribution in [-0.2, 0) is 28.5 Å². The Morgan fingerprint density at radius 2 is 1.94 bits per heavy atom. The minimum Gasteiger partial charge on any atom is -0.481 e. The molecule has 2 saturated carbocycles. The van der Waals surface area contributed by atoms with Crippen molar-refractivity contribution in [3.8, 4) is 0 Å². The lowest BCUT2D eigenvalue weighted by Crippen LogP contribution is -2.83. The first-order valence-electron chi connectivity index (χ1n) is 18.3. The number of aromatic amines is 1. The van der Waals surface area contributed by atoms with Gasteiger partial charge in [-0.3, -0.25) is 4.79 Å². The van der Waals surface area contributed by atoms with Crippen LogP contribution >= 0.6 is 0 Å². The highest BCUT2D eigenvalue weighted by atomic mass is 16.7. The van der Waals surface area contributed by atoms with Gasteiger partial charge in [0.2, 0.25) is 5.79 Å². The average molecular weight is 716 g/mol. The smallest absolute Gasteiger partial charge is 0.333 e. The number of carbonyl (C=O) groups is 2. The molecular formula is C38H53NO12. The van der Waals surface area contributed by atoms with Gasteiger partial charge in [-0.05, 0) is 62.0 Å². The number of aromatic nitrogens is 1. The van der Waals surface area contributed by atoms with Crippen molar-refractivity contribution in [3.05, 3.63) is 46.6 Å². The molecule has 1 spiro atoms. The Bertz CT molecular complexity index is 1650. The third kappa shape index (κ3) is 6.08. The number of H-pyrrole nitrogens is 1. The van der Waals surface area contributed by atoms with Gasteiger partial charge in [-0.15, -0.1) is 6.58 Å². The number of aliphatic hydroxyl groups excluding tert-OH is 4. The monoisotopic (exact) mass is 715 g/mol. The molecule has 7 N–H and O–H groups in total. The quantitative estimate of drug-likeness (QED) is 0.114. The molecule has 3 heterocycles. The lowest BCUT2D eigenvalue weighted by molar-refractivity contribution is -0.434. The molecular weight excluding hydrogens is 662 g/mol. The Hall–Kier alpha value is -3.04. The molecule has 1 saturated heterocycles. The number of hydrogen-bond acceptors (Lipinski definition) is 11. The highest BCUT2D eigenvalue weighted by Crippen LogP contribution is 2.57. The molecule has 6 rings (SSSR count). The number of esters is 1. The number of carboxylic acid groups (broad SMARTS) is 1. The topological polar surface area (TPSA) is 208 Å². The van der Waals surface area contributed by atoms with Crippen molar-refractivity contribution in [1.29, 1.82) is 0 Å². The van der Waals surface area contributed by atoms with Crippen LogP contribution in [0.2, 0.25) is 0 Å². The van der Waals surface area contributed by atoms with Crippen molar-refractivity contribution in [1.82, 2.24) is 4.98 Å². The second-order valence-electron chi connectivity index (χ2n) is 14.9. The summed E-state index contributed by atoms with van der Waals surface area (Å²) in [5, 5.41) is 68.1. The molecule has 0 amide bonds. The van der Waals surface area contributed by atoms with Crippen LogP contribution < -0.4 is 10.6 Å². The number of carbonyl (C=O) groups excluding carboxylic acids is 1. The van der Waals surface area contributed by atoms with Gasteiger partial charge >= 0.3 is 11.9 Å². The molecule has 2 aliphatic heterocycles. The van der Waals surface area contributed by atoms with Crippen LogP contribution in [0.15, 0.2) is 30.4 Å². The van der Waals surface area contributed by atoms with E-state index in [9.17, 15) is 40.2 Å². The first kappa shape index (κ1) is 37.7. The molecule has 13 heteroatoms. The largest absolute Gasteiger partial charge is 0.481 e. The van der Waals surface area contributed by atoms with Crippen molar-refractivity contribution in [2.75, 3.05) is 26.9 Å². The summed E-state index contributed by atoms with van der Waals surface area (Å²) in [6.45, 7) is 4.38. The van der Waals surface area contributed by atoms with Gasteiger partial charge in [-0.1, -0.05) is 38.3 Å². The van der Waals surface area contributed by atoms with E-state index in [1.165, 1.54) is 38.5 Å². The van der Waals surface area contributed by atoms with Crippen molar-refractivity contribution in [2.45, 2.75) is 119 Å². The van der Waals surface area contributed by atoms with Crippen LogP contribution in [-0.4, -0.2) is 110 Å². The number of nitrogens with one attached hydrogen (secondary N) is 1. The van der Waals surface area contributed by atoms with E-state index in [0.717, 1.165) is 29.1 Å². The molecule has 0 radical (unpaired) electrons. The predicted octanol–water partition coefficient (Wildman–Crippen LogP) is 1.25. The average Bonchev–Trinajstić information content (AvgIpc) is 3.58. The minimum atomic E-state index is -2.29. The summed E-state index contributed by atoms with van der Waals surface area (Å²) in [4.78, 5) is 28.1. The fourth-order valence-electron chi connectivity index (χ4n) is 9.63. The minimum absolute atomic E-state index is 0.0467. The van der Waals surface area contributed by atoms with Crippen LogP contribution in [0, 0.1) is 17.8 Å². The first-order valence-corrected chi connectivity index (χ1v) is 18.3. The van der Waals surface area contributed by atoms with Crippen LogP contribution in [0.5, 0.6) is 0 Å². The normalized spacial score (nSPS) is 35.6. The van der Waals surface area contributed by atoms with Crippen molar-refractivity contribution in [2.24, 2.45) is 17.8 Å². The standard InChI is InChI=1S/C38H53NO12/c1-4-23-25(18-32(43)44)24(34(45)48-3)12-13-29(23)49-37(20-42)36(47)15-14-27-26-17-28(21(2)22-9-6-5-7-10-22)39-33(26)30(11-8-16-40)50-38(27,35(36)46)31(19-41)51-37/h4,12,17,21-23,25,29,31,35,39-42,46-47H,1,5-11,13-16,18-20H2,2-3H3,(H,43,44)/t21-,23-,25+,29-,31-,35-,36-,37-,38-/m1/s1. The summed E-state index contributed by atoms with van der Waals surface area (Å²) in [7, 11) is 1.20. The first-order chi connectivity index (χ1) is 24.4. The molecule has 13 nitrogen and oxygen atoms in total. The predicted molar refractivity (Wildman–Crippen MR) is 183 cm³/mol. The third-order valence-electron chi connectivity index (χ3n) is 12.4. The van der Waals surface area contributed by atoms with Crippen LogP contribution in [0.25, 0.3) is 11.3 Å². The molecule has 51 heavy (non-hydrogen) atoms. The van der Waals surface area contributed by atoms with E-state index in [1.807, 2.05) is 0 Å². The SMILES string of the molecule is C=C[C@@H]1[C@H](CC(=O)O)C(C(=O)OC)=CC[C@H]1O[C@]1(CO)O[C@H](CO)[C@]23OC(CCCO)=c4[nH]c([C@H](C)C5CCCCC5)cc4=C2CC[C@@]1(O)[C@H]3O. The number of aliphatic carboxylic acids is 1. The molecule has 1 aromatic rings. The van der Waals surface area contributed by atoms with Crippen molar-refractivity contribution < 1.29 is 59.2 Å². The van der Waals surface area contributed by atoms with Crippen LogP contribution in [0.4, 0.5) is 0 Å². The van der Waals surface area contributed by atoms with Gasteiger partial charge in [0, 0.05) is 41.3 Å². The Labute approximate surface area is 297 Å². The number of rotatable bonds is 13. The molecule has 2 bridgehead atoms. The second kappa shape index (κ2) is 14.8. The van der Waals surface area contributed by atoms with E-state index in [2.05, 4.69) is 24.6 Å². The Morgan fingerprint density at radius 3 is 2.57 bits per heavy atom. The molecule has 9 atom stereocenters. The summed E-state index contributed by atoms with van der Waals surface area (Å²) < 4.78 is 24.7. The van der Waals surface area contributed by atoms with Crippen molar-refractivity contribution in [3.63, 3.8) is 0 Å². The lowest BCUT2D eigenvalue weighted by Gasteiger charge is -2.64. The summed E-state index contributed by atoms with van der Waals surface area (Å²) in [5.74, 6) is -4.63. The van der Waals surface area contributed by atoms with Gasteiger partial charge in [0.1, 0.15) is 24.6 Å². The fourth-order valence-corrected chi connectivity index (χ4v) is 9.63. The number of hydrogen-bond donors (Lipinski definition) is 7. The molecule has 3 fully saturated rings. The van der Waals surface area contributed by atoms with Gasteiger partial charge in [-0.25, -0.2) is 4.79 Å². The van der Waals surface area contributed by atoms with Gasteiger partial charge in [-0.2, -0.15) is 0 Å². The van der Waals surface area contributed by atoms with E-state index in [1.54, 1.807) is 0 Å². The van der Waals surface area contributed by atoms with Crippen LogP contribution in [0.3, 0.4) is 0 Å².